The van der Waals surface area contributed by atoms with Gasteiger partial charge in [0.15, 0.2) is 5.82 Å². The van der Waals surface area contributed by atoms with E-state index in [0.717, 1.165) is 74.8 Å². The number of aromatic amines is 1. The number of hydrogen-bond donors (Lipinski definition) is 1. The third-order valence-corrected chi connectivity index (χ3v) is 6.90. The molecule has 0 spiro atoms. The van der Waals surface area contributed by atoms with E-state index < -0.39 is 5.76 Å². The average molecular weight is 506 g/mol. The van der Waals surface area contributed by atoms with Crippen molar-refractivity contribution in [2.24, 2.45) is 0 Å². The summed E-state index contributed by atoms with van der Waals surface area (Å²) in [5, 5.41) is 3.97. The molecular weight excluding hydrogens is 478 g/mol. The molecule has 2 aromatic carbocycles. The van der Waals surface area contributed by atoms with Crippen LogP contribution >= 0.6 is 0 Å². The number of allylic oxidation sites excluding steroid dienone is 1. The average Bonchev–Trinajstić information content (AvgIpc) is 3.52. The van der Waals surface area contributed by atoms with Crippen molar-refractivity contribution >= 4 is 11.1 Å². The summed E-state index contributed by atoms with van der Waals surface area (Å²) in [4.78, 5) is 23.5. The second-order valence-electron chi connectivity index (χ2n) is 9.42. The molecule has 0 unspecified atom stereocenters. The Morgan fingerprint density at radius 2 is 1.97 bits per heavy atom. The highest BCUT2D eigenvalue weighted by Crippen LogP contribution is 2.42. The van der Waals surface area contributed by atoms with Gasteiger partial charge in [-0.1, -0.05) is 30.3 Å². The lowest BCUT2D eigenvalue weighted by Gasteiger charge is -2.16. The SMILES string of the molecule is CCCc1nc(-c2ccncc2)cn1-c1ccc2c(c1)COc1cccc(C)c1/C2=C(\C)c1noc(=O)[nH]1. The molecule has 0 amide bonds. The van der Waals surface area contributed by atoms with Crippen LogP contribution in [0.4, 0.5) is 0 Å². The van der Waals surface area contributed by atoms with Gasteiger partial charge >= 0.3 is 5.76 Å². The smallest absolute Gasteiger partial charge is 0.439 e. The second-order valence-corrected chi connectivity index (χ2v) is 9.42. The van der Waals surface area contributed by atoms with Crippen molar-refractivity contribution in [3.8, 4) is 22.7 Å². The van der Waals surface area contributed by atoms with Gasteiger partial charge in [0.1, 0.15) is 18.2 Å². The van der Waals surface area contributed by atoms with Gasteiger partial charge in [-0.15, -0.1) is 0 Å². The van der Waals surface area contributed by atoms with Gasteiger partial charge in [-0.05, 0) is 72.9 Å². The van der Waals surface area contributed by atoms with Gasteiger partial charge in [0.2, 0.25) is 0 Å². The van der Waals surface area contributed by atoms with Crippen molar-refractivity contribution in [1.82, 2.24) is 24.7 Å². The minimum absolute atomic E-state index is 0.401. The maximum absolute atomic E-state index is 11.8. The van der Waals surface area contributed by atoms with Crippen LogP contribution in [-0.4, -0.2) is 24.7 Å². The van der Waals surface area contributed by atoms with E-state index in [-0.39, 0.29) is 0 Å². The Hall–Kier alpha value is -4.72. The number of ether oxygens (including phenoxy) is 1. The molecule has 1 aliphatic heterocycles. The summed E-state index contributed by atoms with van der Waals surface area (Å²) >= 11 is 0. The van der Waals surface area contributed by atoms with Gasteiger partial charge in [0.25, 0.3) is 0 Å². The molecular formula is C30H27N5O3. The Bertz CT molecular complexity index is 1730. The van der Waals surface area contributed by atoms with Crippen molar-refractivity contribution in [3.63, 3.8) is 0 Å². The highest BCUT2D eigenvalue weighted by Gasteiger charge is 2.25. The first-order valence-electron chi connectivity index (χ1n) is 12.7. The van der Waals surface area contributed by atoms with E-state index in [2.05, 4.69) is 64.0 Å². The van der Waals surface area contributed by atoms with Crippen LogP contribution in [0.15, 0.2) is 76.4 Å². The van der Waals surface area contributed by atoms with E-state index >= 15 is 0 Å². The van der Waals surface area contributed by atoms with Gasteiger partial charge in [-0.2, -0.15) is 0 Å². The normalized spacial score (nSPS) is 13.9. The highest BCUT2D eigenvalue weighted by molar-refractivity contribution is 6.00. The molecule has 0 aliphatic carbocycles. The van der Waals surface area contributed by atoms with Gasteiger partial charge in [0.05, 0.1) is 5.69 Å². The van der Waals surface area contributed by atoms with E-state index in [9.17, 15) is 4.79 Å². The van der Waals surface area contributed by atoms with Crippen LogP contribution in [0.25, 0.3) is 28.1 Å². The summed E-state index contributed by atoms with van der Waals surface area (Å²) in [6.07, 6.45) is 7.49. The number of rotatable bonds is 5. The van der Waals surface area contributed by atoms with Crippen molar-refractivity contribution < 1.29 is 9.26 Å². The Balaban J connectivity index is 1.53. The van der Waals surface area contributed by atoms with E-state index in [4.69, 9.17) is 14.2 Å². The summed E-state index contributed by atoms with van der Waals surface area (Å²) in [6.45, 7) is 6.56. The molecule has 0 fully saturated rings. The number of hydrogen-bond acceptors (Lipinski definition) is 6. The van der Waals surface area contributed by atoms with Crippen molar-refractivity contribution in [1.29, 1.82) is 0 Å². The largest absolute Gasteiger partial charge is 0.488 e. The Morgan fingerprint density at radius 1 is 1.13 bits per heavy atom. The number of fused-ring (bicyclic) bond motifs is 2. The number of aromatic nitrogens is 5. The highest BCUT2D eigenvalue weighted by atomic mass is 16.5. The van der Waals surface area contributed by atoms with Gasteiger partial charge < -0.3 is 9.30 Å². The molecule has 0 atom stereocenters. The summed E-state index contributed by atoms with van der Waals surface area (Å²) in [5.74, 6) is 1.61. The summed E-state index contributed by atoms with van der Waals surface area (Å²) in [6, 6.07) is 16.4. The molecule has 190 valence electrons. The molecule has 8 heteroatoms. The standard InChI is InChI=1S/C30H27N5O3/c1-4-6-26-32-24(20-11-13-31-14-12-20)16-35(26)22-9-10-23-21(15-22)17-37-25-8-5-7-18(2)27(25)28(23)19(3)29-33-30(36)38-34-29/h5,7-16H,4,6,17H2,1-3H3,(H,33,34,36)/b28-19+. The molecule has 1 aliphatic rings. The van der Waals surface area contributed by atoms with E-state index in [1.165, 1.54) is 0 Å². The van der Waals surface area contributed by atoms with Crippen LogP contribution in [0.5, 0.6) is 5.75 Å². The molecule has 0 saturated heterocycles. The van der Waals surface area contributed by atoms with Crippen LogP contribution in [0.2, 0.25) is 0 Å². The number of H-pyrrole nitrogens is 1. The number of aryl methyl sites for hydroxylation is 2. The predicted molar refractivity (Wildman–Crippen MR) is 145 cm³/mol. The fourth-order valence-corrected chi connectivity index (χ4v) is 5.07. The minimum atomic E-state index is -0.584. The first-order valence-corrected chi connectivity index (χ1v) is 12.7. The van der Waals surface area contributed by atoms with Crippen LogP contribution in [0.3, 0.4) is 0 Å². The van der Waals surface area contributed by atoms with Crippen molar-refractivity contribution in [3.05, 3.63) is 112 Å². The fourth-order valence-electron chi connectivity index (χ4n) is 5.07. The van der Waals surface area contributed by atoms with Crippen LogP contribution < -0.4 is 10.5 Å². The number of nitrogens with one attached hydrogen (secondary N) is 1. The summed E-state index contributed by atoms with van der Waals surface area (Å²) < 4.78 is 13.3. The van der Waals surface area contributed by atoms with Crippen LogP contribution in [0.1, 0.15) is 54.2 Å². The van der Waals surface area contributed by atoms with Crippen molar-refractivity contribution in [2.75, 3.05) is 0 Å². The topological polar surface area (TPSA) is 98.8 Å². The van der Waals surface area contributed by atoms with Crippen LogP contribution in [0, 0.1) is 6.92 Å². The summed E-state index contributed by atoms with van der Waals surface area (Å²) in [5.41, 5.74) is 8.82. The van der Waals surface area contributed by atoms with Crippen LogP contribution in [-0.2, 0) is 13.0 Å². The first kappa shape index (κ1) is 23.7. The Morgan fingerprint density at radius 3 is 2.74 bits per heavy atom. The molecule has 6 rings (SSSR count). The molecule has 8 nitrogen and oxygen atoms in total. The van der Waals surface area contributed by atoms with Crippen molar-refractivity contribution in [2.45, 2.75) is 40.2 Å². The number of benzene rings is 2. The third kappa shape index (κ3) is 4.14. The molecule has 0 bridgehead atoms. The number of imidazole rings is 1. The van der Waals surface area contributed by atoms with Gasteiger partial charge in [-0.25, -0.2) is 9.78 Å². The van der Waals surface area contributed by atoms with E-state index in [0.29, 0.717) is 12.4 Å². The summed E-state index contributed by atoms with van der Waals surface area (Å²) in [7, 11) is 0. The maximum atomic E-state index is 11.8. The molecule has 3 aromatic heterocycles. The second kappa shape index (κ2) is 9.63. The first-order chi connectivity index (χ1) is 18.5. The zero-order chi connectivity index (χ0) is 26.2. The number of nitrogens with zero attached hydrogens (tertiary/aromatic N) is 4. The Kier molecular flexibility index (Phi) is 5.99. The molecule has 38 heavy (non-hydrogen) atoms. The Labute approximate surface area is 219 Å². The third-order valence-electron chi connectivity index (χ3n) is 6.90. The predicted octanol–water partition coefficient (Wildman–Crippen LogP) is 5.74. The zero-order valence-electron chi connectivity index (χ0n) is 21.5. The van der Waals surface area contributed by atoms with E-state index in [1.54, 1.807) is 12.4 Å². The molecule has 1 N–H and O–H groups in total. The van der Waals surface area contributed by atoms with E-state index in [1.807, 2.05) is 31.2 Å². The lowest BCUT2D eigenvalue weighted by Crippen LogP contribution is -2.04. The fraction of sp³-hybridized carbons (Fsp3) is 0.200. The lowest BCUT2D eigenvalue weighted by molar-refractivity contribution is 0.307. The van der Waals surface area contributed by atoms with Gasteiger partial charge in [-0.3, -0.25) is 14.5 Å². The number of pyridine rings is 1. The molecule has 5 aromatic rings. The molecule has 0 radical (unpaired) electrons. The maximum Gasteiger partial charge on any atom is 0.439 e. The zero-order valence-corrected chi connectivity index (χ0v) is 21.5. The quantitative estimate of drug-likeness (QED) is 0.327. The monoisotopic (exact) mass is 505 g/mol. The van der Waals surface area contributed by atoms with Gasteiger partial charge in [0, 0.05) is 47.4 Å². The molecule has 4 heterocycles. The minimum Gasteiger partial charge on any atom is -0.488 e. The lowest BCUT2D eigenvalue weighted by atomic mass is 9.88. The molecule has 0 saturated carbocycles.